The Bertz CT molecular complexity index is 424. The minimum absolute atomic E-state index is 0.0306. The number of ether oxygens (including phenoxy) is 1. The molecule has 1 aromatic rings. The summed E-state index contributed by atoms with van der Waals surface area (Å²) in [4.78, 5) is 10.3. The summed E-state index contributed by atoms with van der Waals surface area (Å²) in [7, 11) is 0. The highest BCUT2D eigenvalue weighted by atomic mass is 16.6. The first kappa shape index (κ1) is 12.0. The van der Waals surface area contributed by atoms with E-state index in [2.05, 4.69) is 0 Å². The Morgan fingerprint density at radius 2 is 2.31 bits per heavy atom. The number of unbranched alkanes of at least 4 members (excludes halogenated alkanes) is 1. The van der Waals surface area contributed by atoms with Crippen molar-refractivity contribution in [3.05, 3.63) is 33.9 Å². The Balaban J connectivity index is 2.77. The zero-order valence-electron chi connectivity index (χ0n) is 8.97. The second-order valence-corrected chi connectivity index (χ2v) is 3.29. The molecule has 0 bridgehead atoms. The van der Waals surface area contributed by atoms with Crippen LogP contribution in [0.3, 0.4) is 0 Å². The van der Waals surface area contributed by atoms with Crippen molar-refractivity contribution in [2.24, 2.45) is 0 Å². The monoisotopic (exact) mass is 220 g/mol. The van der Waals surface area contributed by atoms with E-state index in [-0.39, 0.29) is 5.69 Å². The molecule has 0 unspecified atom stereocenters. The normalized spacial score (nSPS) is 9.50. The number of hydrogen-bond donors (Lipinski definition) is 0. The van der Waals surface area contributed by atoms with Crippen LogP contribution in [0.2, 0.25) is 0 Å². The smallest absolute Gasteiger partial charge is 0.311 e. The van der Waals surface area contributed by atoms with Crippen LogP contribution in [-0.4, -0.2) is 11.5 Å². The molecule has 0 saturated heterocycles. The molecule has 0 spiro atoms. The first-order chi connectivity index (χ1) is 7.66. The molecule has 16 heavy (non-hydrogen) atoms. The fourth-order valence-corrected chi connectivity index (χ4v) is 1.29. The van der Waals surface area contributed by atoms with Crippen molar-refractivity contribution in [1.82, 2.24) is 0 Å². The molecule has 0 aliphatic rings. The van der Waals surface area contributed by atoms with Crippen LogP contribution >= 0.6 is 0 Å². The van der Waals surface area contributed by atoms with E-state index < -0.39 is 4.92 Å². The number of para-hydroxylation sites is 1. The Morgan fingerprint density at radius 3 is 2.94 bits per heavy atom. The van der Waals surface area contributed by atoms with Gasteiger partial charge in [0.2, 0.25) is 0 Å². The predicted octanol–water partition coefficient (Wildman–Crippen LogP) is 2.59. The van der Waals surface area contributed by atoms with Gasteiger partial charge in [-0.15, -0.1) is 0 Å². The molecule has 84 valence electrons. The quantitative estimate of drug-likeness (QED) is 0.434. The predicted molar refractivity (Wildman–Crippen MR) is 58.2 cm³/mol. The summed E-state index contributed by atoms with van der Waals surface area (Å²) in [5, 5.41) is 19.1. The van der Waals surface area contributed by atoms with Crippen molar-refractivity contribution in [3.63, 3.8) is 0 Å². The number of aryl methyl sites for hydroxylation is 1. The zero-order valence-corrected chi connectivity index (χ0v) is 8.97. The molecule has 1 rings (SSSR count). The summed E-state index contributed by atoms with van der Waals surface area (Å²) in [5.41, 5.74) is 0.697. The zero-order chi connectivity index (χ0) is 12.0. The number of nitrogens with zero attached hydrogens (tertiary/aromatic N) is 2. The first-order valence-corrected chi connectivity index (χ1v) is 4.90. The topological polar surface area (TPSA) is 76.2 Å². The Hall–Kier alpha value is -2.09. The van der Waals surface area contributed by atoms with Crippen LogP contribution in [0.5, 0.6) is 5.75 Å². The molecule has 0 atom stereocenters. The third-order valence-electron chi connectivity index (χ3n) is 2.07. The van der Waals surface area contributed by atoms with Gasteiger partial charge in [-0.1, -0.05) is 12.1 Å². The maximum atomic E-state index is 10.7. The van der Waals surface area contributed by atoms with Crippen LogP contribution in [-0.2, 0) is 0 Å². The van der Waals surface area contributed by atoms with Gasteiger partial charge in [-0.05, 0) is 18.9 Å². The standard InChI is InChI=1S/C11H12N2O3/c1-9-5-4-6-10(13(14)15)11(9)16-8-3-2-7-12/h4-6H,2-3,8H2,1H3. The first-order valence-electron chi connectivity index (χ1n) is 4.90. The van der Waals surface area contributed by atoms with Gasteiger partial charge in [0.05, 0.1) is 17.6 Å². The molecule has 0 aliphatic carbocycles. The lowest BCUT2D eigenvalue weighted by Crippen LogP contribution is -2.01. The average Bonchev–Trinajstić information content (AvgIpc) is 2.25. The SMILES string of the molecule is Cc1cccc([N+](=O)[O-])c1OCCCC#N. The van der Waals surface area contributed by atoms with Gasteiger partial charge in [-0.25, -0.2) is 0 Å². The van der Waals surface area contributed by atoms with Crippen LogP contribution in [0.4, 0.5) is 5.69 Å². The van der Waals surface area contributed by atoms with Crippen molar-refractivity contribution in [2.45, 2.75) is 19.8 Å². The maximum absolute atomic E-state index is 10.7. The maximum Gasteiger partial charge on any atom is 0.311 e. The fraction of sp³-hybridized carbons (Fsp3) is 0.364. The molecule has 0 fully saturated rings. The lowest BCUT2D eigenvalue weighted by molar-refractivity contribution is -0.385. The molecule has 0 radical (unpaired) electrons. The molecule has 5 nitrogen and oxygen atoms in total. The van der Waals surface area contributed by atoms with Crippen molar-refractivity contribution in [3.8, 4) is 11.8 Å². The van der Waals surface area contributed by atoms with Crippen LogP contribution < -0.4 is 4.74 Å². The molecule has 1 aromatic carbocycles. The van der Waals surface area contributed by atoms with E-state index in [0.717, 1.165) is 5.56 Å². The highest BCUT2D eigenvalue weighted by molar-refractivity contribution is 5.51. The van der Waals surface area contributed by atoms with E-state index in [1.54, 1.807) is 19.1 Å². The number of hydrogen-bond acceptors (Lipinski definition) is 4. The minimum atomic E-state index is -0.466. The molecular weight excluding hydrogens is 208 g/mol. The summed E-state index contributed by atoms with van der Waals surface area (Å²) < 4.78 is 5.34. The van der Waals surface area contributed by atoms with Crippen LogP contribution in [0.25, 0.3) is 0 Å². The molecular formula is C11H12N2O3. The van der Waals surface area contributed by atoms with Crippen molar-refractivity contribution < 1.29 is 9.66 Å². The Kier molecular flexibility index (Phi) is 4.28. The molecule has 0 amide bonds. The summed E-state index contributed by atoms with van der Waals surface area (Å²) in [6.07, 6.45) is 0.960. The van der Waals surface area contributed by atoms with Gasteiger partial charge in [-0.3, -0.25) is 10.1 Å². The fourth-order valence-electron chi connectivity index (χ4n) is 1.29. The van der Waals surface area contributed by atoms with Gasteiger partial charge in [0.1, 0.15) is 0 Å². The second-order valence-electron chi connectivity index (χ2n) is 3.29. The van der Waals surface area contributed by atoms with E-state index >= 15 is 0 Å². The van der Waals surface area contributed by atoms with E-state index in [1.807, 2.05) is 6.07 Å². The molecule has 5 heteroatoms. The van der Waals surface area contributed by atoms with Crippen LogP contribution in [0.1, 0.15) is 18.4 Å². The molecule has 0 aliphatic heterocycles. The lowest BCUT2D eigenvalue weighted by atomic mass is 10.2. The van der Waals surface area contributed by atoms with Gasteiger partial charge in [0.15, 0.2) is 5.75 Å². The highest BCUT2D eigenvalue weighted by Crippen LogP contribution is 2.30. The average molecular weight is 220 g/mol. The molecule has 0 heterocycles. The number of nitro groups is 1. The van der Waals surface area contributed by atoms with Gasteiger partial charge < -0.3 is 4.74 Å². The largest absolute Gasteiger partial charge is 0.487 e. The van der Waals surface area contributed by atoms with Crippen molar-refractivity contribution in [2.75, 3.05) is 6.61 Å². The molecule has 0 N–H and O–H groups in total. The second kappa shape index (κ2) is 5.71. The summed E-state index contributed by atoms with van der Waals surface area (Å²) in [6.45, 7) is 2.08. The van der Waals surface area contributed by atoms with Gasteiger partial charge >= 0.3 is 5.69 Å². The van der Waals surface area contributed by atoms with Crippen LogP contribution in [0.15, 0.2) is 18.2 Å². The Morgan fingerprint density at radius 1 is 1.56 bits per heavy atom. The highest BCUT2D eigenvalue weighted by Gasteiger charge is 2.16. The van der Waals surface area contributed by atoms with E-state index in [0.29, 0.717) is 25.2 Å². The number of nitriles is 1. The van der Waals surface area contributed by atoms with Gasteiger partial charge in [0.25, 0.3) is 0 Å². The van der Waals surface area contributed by atoms with Gasteiger partial charge in [0, 0.05) is 12.5 Å². The molecule has 0 aromatic heterocycles. The summed E-state index contributed by atoms with van der Waals surface area (Å²) >= 11 is 0. The number of benzene rings is 1. The van der Waals surface area contributed by atoms with Crippen LogP contribution in [0, 0.1) is 28.4 Å². The van der Waals surface area contributed by atoms with Crippen molar-refractivity contribution >= 4 is 5.69 Å². The molecule has 0 saturated carbocycles. The van der Waals surface area contributed by atoms with E-state index in [4.69, 9.17) is 10.00 Å². The summed E-state index contributed by atoms with van der Waals surface area (Å²) in [6, 6.07) is 6.78. The van der Waals surface area contributed by atoms with Gasteiger partial charge in [-0.2, -0.15) is 5.26 Å². The minimum Gasteiger partial charge on any atom is -0.487 e. The lowest BCUT2D eigenvalue weighted by Gasteiger charge is -2.08. The Labute approximate surface area is 93.4 Å². The van der Waals surface area contributed by atoms with Crippen molar-refractivity contribution in [1.29, 1.82) is 5.26 Å². The summed E-state index contributed by atoms with van der Waals surface area (Å²) in [5.74, 6) is 0.297. The third-order valence-corrected chi connectivity index (χ3v) is 2.07. The number of rotatable bonds is 5. The number of nitro benzene ring substituents is 1. The van der Waals surface area contributed by atoms with E-state index in [9.17, 15) is 10.1 Å². The third kappa shape index (κ3) is 2.95. The van der Waals surface area contributed by atoms with E-state index in [1.165, 1.54) is 6.07 Å².